The van der Waals surface area contributed by atoms with Gasteiger partial charge < -0.3 is 10.6 Å². The molecule has 0 aliphatic carbocycles. The molecule has 0 radical (unpaired) electrons. The summed E-state index contributed by atoms with van der Waals surface area (Å²) >= 11 is 0. The van der Waals surface area contributed by atoms with Crippen LogP contribution < -0.4 is 10.9 Å². The van der Waals surface area contributed by atoms with Gasteiger partial charge in [-0.3, -0.25) is 4.79 Å². The predicted octanol–water partition coefficient (Wildman–Crippen LogP) is -0.727. The van der Waals surface area contributed by atoms with Gasteiger partial charge in [-0.1, -0.05) is 13.3 Å². The van der Waals surface area contributed by atoms with Crippen molar-refractivity contribution in [2.75, 3.05) is 26.2 Å². The van der Waals surface area contributed by atoms with Crippen molar-refractivity contribution in [3.8, 4) is 0 Å². The van der Waals surface area contributed by atoms with Crippen molar-refractivity contribution in [3.05, 3.63) is 0 Å². The molecule has 1 rings (SSSR count). The van der Waals surface area contributed by atoms with E-state index in [9.17, 15) is 13.2 Å². The first-order valence-corrected chi connectivity index (χ1v) is 7.55. The van der Waals surface area contributed by atoms with Gasteiger partial charge in [0.2, 0.25) is 5.91 Å². The van der Waals surface area contributed by atoms with E-state index in [0.717, 1.165) is 6.42 Å². The van der Waals surface area contributed by atoms with Crippen LogP contribution in [0.1, 0.15) is 26.7 Å². The largest absolute Gasteiger partial charge is 0.338 e. The van der Waals surface area contributed by atoms with E-state index in [-0.39, 0.29) is 31.4 Å². The quantitative estimate of drug-likeness (QED) is 0.713. The minimum Gasteiger partial charge on any atom is -0.338 e. The van der Waals surface area contributed by atoms with Crippen LogP contribution in [0, 0.1) is 0 Å². The van der Waals surface area contributed by atoms with Crippen molar-refractivity contribution in [3.63, 3.8) is 0 Å². The number of halogens is 1. The first-order valence-electron chi connectivity index (χ1n) is 6.04. The van der Waals surface area contributed by atoms with Crippen molar-refractivity contribution in [1.29, 1.82) is 0 Å². The Hall–Kier alpha value is -0.410. The predicted molar refractivity (Wildman–Crippen MR) is 76.0 cm³/mol. The SMILES string of the molecule is CCCC(C)(N)C(=O)N1CCN(S(N)(=O)=O)CC1.Cl. The lowest BCUT2D eigenvalue weighted by molar-refractivity contribution is -0.137. The third kappa shape index (κ3) is 4.88. The molecule has 7 nitrogen and oxygen atoms in total. The van der Waals surface area contributed by atoms with E-state index in [4.69, 9.17) is 10.9 Å². The van der Waals surface area contributed by atoms with Crippen molar-refractivity contribution in [2.45, 2.75) is 32.2 Å². The molecule has 0 bridgehead atoms. The van der Waals surface area contributed by atoms with E-state index >= 15 is 0 Å². The maximum Gasteiger partial charge on any atom is 0.277 e. The van der Waals surface area contributed by atoms with Crippen LogP contribution in [0.3, 0.4) is 0 Å². The number of hydrogen-bond acceptors (Lipinski definition) is 4. The summed E-state index contributed by atoms with van der Waals surface area (Å²) in [7, 11) is -3.66. The topological polar surface area (TPSA) is 110 Å². The van der Waals surface area contributed by atoms with Crippen LogP contribution in [-0.4, -0.2) is 55.2 Å². The lowest BCUT2D eigenvalue weighted by Gasteiger charge is -2.37. The molecule has 0 aromatic rings. The fourth-order valence-corrected chi connectivity index (χ4v) is 2.81. The molecule has 0 saturated carbocycles. The van der Waals surface area contributed by atoms with E-state index in [1.807, 2.05) is 6.92 Å². The minimum absolute atomic E-state index is 0. The maximum atomic E-state index is 12.2. The summed E-state index contributed by atoms with van der Waals surface area (Å²) in [5, 5.41) is 5.04. The highest BCUT2D eigenvalue weighted by Gasteiger charge is 2.34. The average Bonchev–Trinajstić information content (AvgIpc) is 2.27. The van der Waals surface area contributed by atoms with Gasteiger partial charge >= 0.3 is 0 Å². The Labute approximate surface area is 120 Å². The lowest BCUT2D eigenvalue weighted by atomic mass is 9.95. The van der Waals surface area contributed by atoms with E-state index in [1.165, 1.54) is 4.31 Å². The summed E-state index contributed by atoms with van der Waals surface area (Å²) < 4.78 is 23.4. The molecule has 4 N–H and O–H groups in total. The van der Waals surface area contributed by atoms with Gasteiger partial charge in [-0.25, -0.2) is 5.14 Å². The van der Waals surface area contributed by atoms with Crippen molar-refractivity contribution < 1.29 is 13.2 Å². The molecule has 1 heterocycles. The van der Waals surface area contributed by atoms with Gasteiger partial charge in [-0.2, -0.15) is 12.7 Å². The van der Waals surface area contributed by atoms with Gasteiger partial charge in [-0.15, -0.1) is 12.4 Å². The Bertz CT molecular complexity index is 405. The Morgan fingerprint density at radius 2 is 1.74 bits per heavy atom. The summed E-state index contributed by atoms with van der Waals surface area (Å²) in [6.45, 7) is 4.82. The van der Waals surface area contributed by atoms with E-state index in [1.54, 1.807) is 11.8 Å². The monoisotopic (exact) mass is 314 g/mol. The van der Waals surface area contributed by atoms with Crippen LogP contribution in [-0.2, 0) is 15.0 Å². The molecule has 1 aliphatic heterocycles. The van der Waals surface area contributed by atoms with Gasteiger partial charge in [0.15, 0.2) is 0 Å². The fourth-order valence-electron chi connectivity index (χ4n) is 2.13. The van der Waals surface area contributed by atoms with Crippen LogP contribution >= 0.6 is 12.4 Å². The maximum absolute atomic E-state index is 12.2. The summed E-state index contributed by atoms with van der Waals surface area (Å²) in [5.74, 6) is -0.126. The number of carbonyl (C=O) groups is 1. The second kappa shape index (κ2) is 6.85. The third-order valence-corrected chi connectivity index (χ3v) is 4.23. The van der Waals surface area contributed by atoms with E-state index in [0.29, 0.717) is 19.5 Å². The van der Waals surface area contributed by atoms with Crippen LogP contribution in [0.2, 0.25) is 0 Å². The molecule has 1 unspecified atom stereocenters. The number of nitrogens with zero attached hydrogens (tertiary/aromatic N) is 2. The van der Waals surface area contributed by atoms with Crippen LogP contribution in [0.25, 0.3) is 0 Å². The molecule has 1 atom stereocenters. The molecule has 0 aromatic heterocycles. The minimum atomic E-state index is -3.66. The smallest absolute Gasteiger partial charge is 0.277 e. The zero-order valence-corrected chi connectivity index (χ0v) is 13.0. The first-order chi connectivity index (χ1) is 8.18. The zero-order valence-electron chi connectivity index (χ0n) is 11.3. The standard InChI is InChI=1S/C10H22N4O3S.ClH/c1-3-4-10(2,11)9(15)13-5-7-14(8-6-13)18(12,16)17;/h3-8,11H2,1-2H3,(H2,12,16,17);1H. The van der Waals surface area contributed by atoms with Crippen LogP contribution in [0.4, 0.5) is 0 Å². The van der Waals surface area contributed by atoms with Gasteiger partial charge in [0.05, 0.1) is 5.54 Å². The van der Waals surface area contributed by atoms with Crippen molar-refractivity contribution >= 4 is 28.5 Å². The van der Waals surface area contributed by atoms with Gasteiger partial charge in [0.1, 0.15) is 0 Å². The number of hydrogen-bond donors (Lipinski definition) is 2. The number of nitrogens with two attached hydrogens (primary N) is 2. The average molecular weight is 315 g/mol. The molecular weight excluding hydrogens is 292 g/mol. The Morgan fingerprint density at radius 1 is 1.26 bits per heavy atom. The molecular formula is C10H23ClN4O3S. The molecule has 1 fully saturated rings. The molecule has 0 spiro atoms. The van der Waals surface area contributed by atoms with Crippen LogP contribution in [0.5, 0.6) is 0 Å². The lowest BCUT2D eigenvalue weighted by Crippen LogP contribution is -2.59. The summed E-state index contributed by atoms with van der Waals surface area (Å²) in [5.41, 5.74) is 5.10. The van der Waals surface area contributed by atoms with Crippen molar-refractivity contribution in [1.82, 2.24) is 9.21 Å². The third-order valence-electron chi connectivity index (χ3n) is 3.14. The summed E-state index contributed by atoms with van der Waals surface area (Å²) in [4.78, 5) is 13.8. The van der Waals surface area contributed by atoms with E-state index in [2.05, 4.69) is 0 Å². The normalized spacial score (nSPS) is 20.5. The Kier molecular flexibility index (Phi) is 6.70. The fraction of sp³-hybridized carbons (Fsp3) is 0.900. The van der Waals surface area contributed by atoms with Gasteiger partial charge in [0.25, 0.3) is 10.2 Å². The molecule has 114 valence electrons. The molecule has 0 aromatic carbocycles. The molecule has 19 heavy (non-hydrogen) atoms. The van der Waals surface area contributed by atoms with E-state index < -0.39 is 15.7 Å². The van der Waals surface area contributed by atoms with Gasteiger partial charge in [-0.05, 0) is 13.3 Å². The first kappa shape index (κ1) is 18.6. The number of piperazine rings is 1. The molecule has 9 heteroatoms. The Balaban J connectivity index is 0.00000324. The second-order valence-corrected chi connectivity index (χ2v) is 6.45. The highest BCUT2D eigenvalue weighted by Crippen LogP contribution is 2.15. The Morgan fingerprint density at radius 3 is 2.11 bits per heavy atom. The summed E-state index contributed by atoms with van der Waals surface area (Å²) in [6.07, 6.45) is 1.44. The number of rotatable bonds is 4. The second-order valence-electron chi connectivity index (χ2n) is 4.90. The van der Waals surface area contributed by atoms with Crippen LogP contribution in [0.15, 0.2) is 0 Å². The molecule has 1 amide bonds. The molecule has 1 aliphatic rings. The number of carbonyl (C=O) groups excluding carboxylic acids is 1. The summed E-state index contributed by atoms with van der Waals surface area (Å²) in [6, 6.07) is 0. The van der Waals surface area contributed by atoms with Gasteiger partial charge in [0, 0.05) is 26.2 Å². The number of amides is 1. The zero-order chi connectivity index (χ0) is 14.0. The van der Waals surface area contributed by atoms with Crippen molar-refractivity contribution in [2.24, 2.45) is 10.9 Å². The highest BCUT2D eigenvalue weighted by atomic mass is 35.5. The molecule has 1 saturated heterocycles. The highest BCUT2D eigenvalue weighted by molar-refractivity contribution is 7.86.